The number of para-hydroxylation sites is 1. The number of anilines is 3. The topological polar surface area (TPSA) is 6.48 Å². The molecule has 0 aromatic heterocycles. The molecule has 0 heterocycles. The normalized spacial score (nSPS) is 13.5. The number of rotatable bonds is 14. The molecule has 0 atom stereocenters. The van der Waals surface area contributed by atoms with E-state index < -0.39 is 0 Å². The Morgan fingerprint density at radius 3 is 1.54 bits per heavy atom. The molecule has 0 radical (unpaired) electrons. The lowest BCUT2D eigenvalue weighted by atomic mass is 9.91. The highest BCUT2D eigenvalue weighted by molar-refractivity contribution is 5.97. The summed E-state index contributed by atoms with van der Waals surface area (Å²) >= 11 is 0. The Bertz CT molecular complexity index is 3270. The fourth-order valence-electron chi connectivity index (χ4n) is 9.09. The van der Waals surface area contributed by atoms with Crippen molar-refractivity contribution in [3.05, 3.63) is 307 Å². The van der Waals surface area contributed by atoms with Gasteiger partial charge in [-0.3, -0.25) is 0 Å². The summed E-state index contributed by atoms with van der Waals surface area (Å²) in [6, 6.07) is 77.9. The van der Waals surface area contributed by atoms with Crippen LogP contribution in [0.5, 0.6) is 0 Å². The van der Waals surface area contributed by atoms with Gasteiger partial charge in [0.1, 0.15) is 0 Å². The lowest BCUT2D eigenvalue weighted by molar-refractivity contribution is 0.997. The van der Waals surface area contributed by atoms with Crippen LogP contribution in [0.25, 0.3) is 50.1 Å². The van der Waals surface area contributed by atoms with E-state index >= 15 is 0 Å². The number of nitrogens with zero attached hydrogens (tertiary/aromatic N) is 2. The number of benzene rings is 8. The van der Waals surface area contributed by atoms with Crippen molar-refractivity contribution in [2.45, 2.75) is 19.8 Å². The maximum Gasteiger partial charge on any atom is 0.0897 e. The number of hydrogen-bond donors (Lipinski definition) is 0. The number of allylic oxidation sites excluding steroid dienone is 9. The Kier molecular flexibility index (Phi) is 12.9. The van der Waals surface area contributed by atoms with Crippen LogP contribution in [-0.4, -0.2) is 0 Å². The predicted octanol–water partition coefficient (Wildman–Crippen LogP) is 17.7. The third-order valence-corrected chi connectivity index (χ3v) is 12.7. The molecule has 2 aliphatic carbocycles. The molecule has 0 saturated carbocycles. The van der Waals surface area contributed by atoms with Gasteiger partial charge in [0.25, 0.3) is 0 Å². The Morgan fingerprint density at radius 2 is 0.985 bits per heavy atom. The Balaban J connectivity index is 1.02. The monoisotopic (exact) mass is 872 g/mol. The van der Waals surface area contributed by atoms with Crippen LogP contribution in [0.3, 0.4) is 0 Å². The largest absolute Gasteiger partial charge is 0.311 e. The molecule has 2 heteroatoms. The van der Waals surface area contributed by atoms with Crippen LogP contribution in [0, 0.1) is 0 Å². The van der Waals surface area contributed by atoms with Crippen molar-refractivity contribution in [3.8, 4) is 33.4 Å². The molecule has 0 unspecified atom stereocenters. The quantitative estimate of drug-likeness (QED) is 0.0610. The second-order valence-electron chi connectivity index (χ2n) is 17.0. The van der Waals surface area contributed by atoms with E-state index in [4.69, 9.17) is 0 Å². The molecule has 0 N–H and O–H groups in total. The van der Waals surface area contributed by atoms with Crippen LogP contribution in [0.4, 0.5) is 17.1 Å². The van der Waals surface area contributed by atoms with E-state index in [0.29, 0.717) is 0 Å². The Morgan fingerprint density at radius 1 is 0.471 bits per heavy atom. The summed E-state index contributed by atoms with van der Waals surface area (Å²) in [5, 5.41) is 0. The minimum Gasteiger partial charge on any atom is -0.311 e. The molecule has 2 aliphatic rings. The molecule has 0 fully saturated rings. The first-order valence-electron chi connectivity index (χ1n) is 23.4. The van der Waals surface area contributed by atoms with Crippen molar-refractivity contribution < 1.29 is 0 Å². The van der Waals surface area contributed by atoms with Crippen LogP contribution in [-0.2, 0) is 0 Å². The molecular weight excluding hydrogens is 821 g/mol. The van der Waals surface area contributed by atoms with E-state index in [1.807, 2.05) is 12.1 Å². The van der Waals surface area contributed by atoms with Crippen molar-refractivity contribution in [2.75, 3.05) is 9.80 Å². The molecule has 8 aromatic rings. The van der Waals surface area contributed by atoms with Gasteiger partial charge in [0.15, 0.2) is 0 Å². The predicted molar refractivity (Wildman–Crippen MR) is 290 cm³/mol. The van der Waals surface area contributed by atoms with Gasteiger partial charge in [-0.1, -0.05) is 200 Å². The zero-order chi connectivity index (χ0) is 46.1. The molecule has 0 spiro atoms. The van der Waals surface area contributed by atoms with Gasteiger partial charge < -0.3 is 9.80 Å². The van der Waals surface area contributed by atoms with E-state index in [9.17, 15) is 0 Å². The summed E-state index contributed by atoms with van der Waals surface area (Å²) in [5.74, 6) is 0. The van der Waals surface area contributed by atoms with E-state index in [2.05, 4.69) is 278 Å². The van der Waals surface area contributed by atoms with Gasteiger partial charge >= 0.3 is 0 Å². The van der Waals surface area contributed by atoms with Crippen molar-refractivity contribution in [1.82, 2.24) is 0 Å². The first-order valence-corrected chi connectivity index (χ1v) is 23.4. The van der Waals surface area contributed by atoms with Gasteiger partial charge in [-0.05, 0) is 154 Å². The first kappa shape index (κ1) is 43.2. The fraction of sp³-hybridized carbons (Fsp3) is 0.0455. The number of hydrogen-bond acceptors (Lipinski definition) is 2. The summed E-state index contributed by atoms with van der Waals surface area (Å²) in [6.45, 7) is 6.64. The van der Waals surface area contributed by atoms with Gasteiger partial charge in [0, 0.05) is 34.0 Å². The van der Waals surface area contributed by atoms with E-state index in [1.165, 1.54) is 28.0 Å². The molecule has 0 amide bonds. The average Bonchev–Trinajstić information content (AvgIpc) is 3.91. The summed E-state index contributed by atoms with van der Waals surface area (Å²) in [6.07, 6.45) is 17.5. The molecular formula is C66H52N2. The molecule has 8 aromatic carbocycles. The van der Waals surface area contributed by atoms with Crippen LogP contribution in [0.1, 0.15) is 36.5 Å². The molecule has 68 heavy (non-hydrogen) atoms. The summed E-state index contributed by atoms with van der Waals surface area (Å²) in [4.78, 5) is 4.62. The first-order chi connectivity index (χ1) is 33.6. The van der Waals surface area contributed by atoms with Crippen LogP contribution < -0.4 is 9.80 Å². The van der Waals surface area contributed by atoms with Gasteiger partial charge in [-0.25, -0.2) is 0 Å². The average molecular weight is 873 g/mol. The second kappa shape index (κ2) is 20.2. The third kappa shape index (κ3) is 9.50. The highest BCUT2D eigenvalue weighted by Crippen LogP contribution is 2.38. The maximum atomic E-state index is 4.41. The van der Waals surface area contributed by atoms with Gasteiger partial charge in [-0.15, -0.1) is 0 Å². The van der Waals surface area contributed by atoms with Crippen LogP contribution >= 0.6 is 0 Å². The summed E-state index contributed by atoms with van der Waals surface area (Å²) in [7, 11) is 0. The second-order valence-corrected chi connectivity index (χ2v) is 17.0. The molecule has 2 nitrogen and oxygen atoms in total. The van der Waals surface area contributed by atoms with Crippen molar-refractivity contribution in [3.63, 3.8) is 0 Å². The fourth-order valence-corrected chi connectivity index (χ4v) is 9.09. The summed E-state index contributed by atoms with van der Waals surface area (Å²) < 4.78 is 0. The van der Waals surface area contributed by atoms with Crippen molar-refractivity contribution in [2.24, 2.45) is 0 Å². The highest BCUT2D eigenvalue weighted by atomic mass is 15.2. The lowest BCUT2D eigenvalue weighted by Gasteiger charge is -2.28. The van der Waals surface area contributed by atoms with Crippen LogP contribution in [0.2, 0.25) is 0 Å². The molecule has 0 saturated heterocycles. The standard InChI is InChI=1S/C66H52N2/c1-3-60(67(61-28-15-7-16-29-61)65-45-40-58(47-65)53-24-13-6-14-25-53)48-66(59-27-19-26-57(46-59)52-22-11-5-12-23-52)49(2)50-32-34-54(35-33-50)56-38-43-64(44-39-56)68(62-30-17-8-18-31-62)63-41-36-55(37-42-63)51-20-9-4-10-21-51/h3-7,9-17,19-46,48H,1,8,18H2,2H3/b60-48+,66-49-. The Hall–Kier alpha value is -8.68. The minimum atomic E-state index is 0.939. The molecule has 326 valence electrons. The minimum absolute atomic E-state index is 0.939. The van der Waals surface area contributed by atoms with Gasteiger partial charge in [0.2, 0.25) is 0 Å². The molecule has 0 aliphatic heterocycles. The van der Waals surface area contributed by atoms with Crippen molar-refractivity contribution in [1.29, 1.82) is 0 Å². The van der Waals surface area contributed by atoms with Gasteiger partial charge in [-0.2, -0.15) is 0 Å². The maximum absolute atomic E-state index is 4.41. The SMILES string of the molecule is C=C/C(=C\C(=C(/C)c1ccc(-c2ccc(N(C3=CCCC=C3)c3ccc(-c4ccccc4)cc3)cc2)cc1)c1cccc(-c2ccccc2)c1)N(C1=C=C(c2ccccc2)C=C1)c1ccccc1. The van der Waals surface area contributed by atoms with Crippen LogP contribution in [0.15, 0.2) is 290 Å². The Labute approximate surface area is 401 Å². The van der Waals surface area contributed by atoms with E-state index in [-0.39, 0.29) is 0 Å². The smallest absolute Gasteiger partial charge is 0.0897 e. The van der Waals surface area contributed by atoms with Gasteiger partial charge in [0.05, 0.1) is 5.70 Å². The molecule has 10 rings (SSSR count). The summed E-state index contributed by atoms with van der Waals surface area (Å²) in [5.41, 5.74) is 23.9. The molecule has 0 bridgehead atoms. The third-order valence-electron chi connectivity index (χ3n) is 12.7. The zero-order valence-electron chi connectivity index (χ0n) is 38.3. The highest BCUT2D eigenvalue weighted by Gasteiger charge is 2.20. The lowest BCUT2D eigenvalue weighted by Crippen LogP contribution is -2.19. The van der Waals surface area contributed by atoms with Crippen molar-refractivity contribution >= 4 is 33.8 Å². The zero-order valence-corrected chi connectivity index (χ0v) is 38.3. The van der Waals surface area contributed by atoms with E-state index in [0.717, 1.165) is 85.8 Å². The van der Waals surface area contributed by atoms with E-state index in [1.54, 1.807) is 0 Å².